The largest absolute Gasteiger partial charge is 0.497 e. The number of carbonyl (C=O) groups excluding carboxylic acids is 1. The lowest BCUT2D eigenvalue weighted by atomic mass is 10.1. The Morgan fingerprint density at radius 1 is 1.28 bits per heavy atom. The zero-order valence-corrected chi connectivity index (χ0v) is 14.9. The molecule has 2 aromatic carbocycles. The molecule has 25 heavy (non-hydrogen) atoms. The summed E-state index contributed by atoms with van der Waals surface area (Å²) in [6.07, 6.45) is 1.51. The molecule has 3 N–H and O–H groups in total. The summed E-state index contributed by atoms with van der Waals surface area (Å²) in [4.78, 5) is 17.4. The van der Waals surface area contributed by atoms with Crippen LogP contribution in [0.3, 0.4) is 0 Å². The molecule has 0 aliphatic rings. The van der Waals surface area contributed by atoms with Gasteiger partial charge in [-0.1, -0.05) is 13.0 Å². The van der Waals surface area contributed by atoms with Crippen molar-refractivity contribution in [3.8, 4) is 5.75 Å². The number of aromatic nitrogens is 1. The van der Waals surface area contributed by atoms with Crippen LogP contribution in [0.15, 0.2) is 53.6 Å². The fourth-order valence-electron chi connectivity index (χ4n) is 2.59. The smallest absolute Gasteiger partial charge is 0.252 e. The quantitative estimate of drug-likeness (QED) is 0.650. The van der Waals surface area contributed by atoms with E-state index in [2.05, 4.69) is 17.2 Å². The van der Waals surface area contributed by atoms with Crippen molar-refractivity contribution in [2.24, 2.45) is 5.73 Å². The lowest BCUT2D eigenvalue weighted by Crippen LogP contribution is -2.14. The van der Waals surface area contributed by atoms with Crippen molar-refractivity contribution in [2.75, 3.05) is 18.2 Å². The van der Waals surface area contributed by atoms with Gasteiger partial charge in [0.05, 0.1) is 23.9 Å². The zero-order chi connectivity index (χ0) is 17.8. The fraction of sp³-hybridized carbons (Fsp3) is 0.158. The summed E-state index contributed by atoms with van der Waals surface area (Å²) in [5, 5.41) is 4.17. The first-order valence-electron chi connectivity index (χ1n) is 7.88. The molecule has 0 fully saturated rings. The molecule has 0 atom stereocenters. The van der Waals surface area contributed by atoms with Crippen LogP contribution in [-0.2, 0) is 0 Å². The molecular formula is C19H19N3O2S. The van der Waals surface area contributed by atoms with Gasteiger partial charge in [-0.3, -0.25) is 9.78 Å². The highest BCUT2D eigenvalue weighted by Gasteiger charge is 2.14. The maximum Gasteiger partial charge on any atom is 0.252 e. The van der Waals surface area contributed by atoms with Crippen LogP contribution in [0.1, 0.15) is 17.3 Å². The Labute approximate surface area is 150 Å². The summed E-state index contributed by atoms with van der Waals surface area (Å²) < 4.78 is 5.26. The number of methoxy groups -OCH3 is 1. The van der Waals surface area contributed by atoms with Gasteiger partial charge in [0.2, 0.25) is 0 Å². The Balaban J connectivity index is 2.16. The zero-order valence-electron chi connectivity index (χ0n) is 14.1. The number of nitrogens with zero attached hydrogens (tertiary/aromatic N) is 1. The minimum Gasteiger partial charge on any atom is -0.497 e. The summed E-state index contributed by atoms with van der Waals surface area (Å²) in [5.74, 6) is 1.17. The lowest BCUT2D eigenvalue weighted by molar-refractivity contribution is 0.100. The molecule has 0 unspecified atom stereocenters. The van der Waals surface area contributed by atoms with Crippen molar-refractivity contribution in [3.63, 3.8) is 0 Å². The number of rotatable bonds is 6. The third kappa shape index (κ3) is 3.69. The van der Waals surface area contributed by atoms with E-state index in [0.717, 1.165) is 33.0 Å². The second-order valence-electron chi connectivity index (χ2n) is 5.38. The molecule has 0 bridgehead atoms. The average Bonchev–Trinajstić information content (AvgIpc) is 2.62. The lowest BCUT2D eigenvalue weighted by Gasteiger charge is -2.14. The van der Waals surface area contributed by atoms with Gasteiger partial charge in [0.1, 0.15) is 5.75 Å². The van der Waals surface area contributed by atoms with E-state index in [1.165, 1.54) is 6.20 Å². The first kappa shape index (κ1) is 17.1. The van der Waals surface area contributed by atoms with Crippen molar-refractivity contribution in [1.29, 1.82) is 0 Å². The van der Waals surface area contributed by atoms with Gasteiger partial charge in [-0.25, -0.2) is 0 Å². The number of pyridine rings is 1. The first-order valence-corrected chi connectivity index (χ1v) is 8.87. The van der Waals surface area contributed by atoms with Crippen molar-refractivity contribution < 1.29 is 9.53 Å². The molecule has 128 valence electrons. The summed E-state index contributed by atoms with van der Waals surface area (Å²) in [7, 11) is 1.62. The van der Waals surface area contributed by atoms with Crippen LogP contribution < -0.4 is 15.8 Å². The fourth-order valence-corrected chi connectivity index (χ4v) is 3.29. The highest BCUT2D eigenvalue weighted by molar-refractivity contribution is 7.99. The number of hydrogen-bond donors (Lipinski definition) is 2. The van der Waals surface area contributed by atoms with Crippen molar-refractivity contribution in [3.05, 3.63) is 54.2 Å². The average molecular weight is 353 g/mol. The number of anilines is 2. The maximum absolute atomic E-state index is 11.9. The highest BCUT2D eigenvalue weighted by Crippen LogP contribution is 2.32. The molecule has 0 saturated heterocycles. The maximum atomic E-state index is 11.9. The Kier molecular flexibility index (Phi) is 5.09. The Hall–Kier alpha value is -2.73. The van der Waals surface area contributed by atoms with Gasteiger partial charge in [0.15, 0.2) is 0 Å². The molecule has 0 radical (unpaired) electrons. The van der Waals surface area contributed by atoms with E-state index in [-0.39, 0.29) is 0 Å². The van der Waals surface area contributed by atoms with Gasteiger partial charge in [-0.15, -0.1) is 11.8 Å². The van der Waals surface area contributed by atoms with Crippen LogP contribution in [0.2, 0.25) is 0 Å². The Morgan fingerprint density at radius 3 is 2.84 bits per heavy atom. The van der Waals surface area contributed by atoms with Gasteiger partial charge in [0, 0.05) is 28.2 Å². The molecule has 0 aliphatic carbocycles. The molecular weight excluding hydrogens is 334 g/mol. The van der Waals surface area contributed by atoms with Crippen LogP contribution >= 0.6 is 11.8 Å². The van der Waals surface area contributed by atoms with Gasteiger partial charge >= 0.3 is 0 Å². The second-order valence-corrected chi connectivity index (χ2v) is 6.72. The number of thioether (sulfide) groups is 1. The van der Waals surface area contributed by atoms with Crippen molar-refractivity contribution in [1.82, 2.24) is 4.98 Å². The predicted molar refractivity (Wildman–Crippen MR) is 103 cm³/mol. The summed E-state index contributed by atoms with van der Waals surface area (Å²) in [6.45, 7) is 2.10. The number of fused-ring (bicyclic) bond motifs is 1. The van der Waals surface area contributed by atoms with Crippen LogP contribution in [0, 0.1) is 0 Å². The molecule has 1 aromatic heterocycles. The Bertz CT molecular complexity index is 928. The molecule has 5 nitrogen and oxygen atoms in total. The molecule has 3 aromatic rings. The second kappa shape index (κ2) is 7.44. The third-order valence-electron chi connectivity index (χ3n) is 3.75. The number of carbonyl (C=O) groups is 1. The first-order chi connectivity index (χ1) is 12.1. The van der Waals surface area contributed by atoms with E-state index in [0.29, 0.717) is 11.3 Å². The van der Waals surface area contributed by atoms with Crippen LogP contribution in [-0.4, -0.2) is 23.8 Å². The summed E-state index contributed by atoms with van der Waals surface area (Å²) >= 11 is 1.73. The normalized spacial score (nSPS) is 10.6. The Morgan fingerprint density at radius 2 is 2.12 bits per heavy atom. The number of benzene rings is 2. The summed E-state index contributed by atoms with van der Waals surface area (Å²) in [6, 6.07) is 13.5. The molecule has 0 aliphatic heterocycles. The van der Waals surface area contributed by atoms with Gasteiger partial charge < -0.3 is 15.8 Å². The van der Waals surface area contributed by atoms with E-state index in [4.69, 9.17) is 10.5 Å². The number of amides is 1. The number of primary amides is 1. The monoisotopic (exact) mass is 353 g/mol. The topological polar surface area (TPSA) is 77.2 Å². The predicted octanol–water partition coefficient (Wildman–Crippen LogP) is 4.20. The van der Waals surface area contributed by atoms with Crippen LogP contribution in [0.5, 0.6) is 5.75 Å². The van der Waals surface area contributed by atoms with E-state index in [9.17, 15) is 4.79 Å². The molecule has 0 spiro atoms. The van der Waals surface area contributed by atoms with Crippen LogP contribution in [0.25, 0.3) is 10.9 Å². The van der Waals surface area contributed by atoms with Crippen molar-refractivity contribution >= 4 is 39.9 Å². The number of hydrogen-bond acceptors (Lipinski definition) is 5. The summed E-state index contributed by atoms with van der Waals surface area (Å²) in [5.41, 5.74) is 8.19. The van der Waals surface area contributed by atoms with Crippen molar-refractivity contribution in [2.45, 2.75) is 11.8 Å². The van der Waals surface area contributed by atoms with E-state index >= 15 is 0 Å². The highest BCUT2D eigenvalue weighted by atomic mass is 32.2. The minimum atomic E-state index is -0.520. The molecule has 0 saturated carbocycles. The molecule has 1 heterocycles. The number of nitrogens with two attached hydrogens (primary N) is 1. The third-order valence-corrected chi connectivity index (χ3v) is 4.63. The van der Waals surface area contributed by atoms with Gasteiger partial charge in [-0.05, 0) is 36.1 Å². The number of ether oxygens (including phenoxy) is 1. The standard InChI is InChI=1S/C19H19N3O2S/c1-3-25-14-7-8-17-15(10-14)18(16(11-21-17)19(20)23)22-12-5-4-6-13(9-12)24-2/h4-11H,3H2,1-2H3,(H2,20,23)(H,21,22). The van der Waals surface area contributed by atoms with Gasteiger partial charge in [0.25, 0.3) is 5.91 Å². The molecule has 1 amide bonds. The van der Waals surface area contributed by atoms with Gasteiger partial charge in [-0.2, -0.15) is 0 Å². The van der Waals surface area contributed by atoms with E-state index in [1.807, 2.05) is 42.5 Å². The van der Waals surface area contributed by atoms with E-state index < -0.39 is 5.91 Å². The minimum absolute atomic E-state index is 0.356. The number of nitrogens with one attached hydrogen (secondary N) is 1. The molecule has 6 heteroatoms. The van der Waals surface area contributed by atoms with Crippen LogP contribution in [0.4, 0.5) is 11.4 Å². The SMILES string of the molecule is CCSc1ccc2ncc(C(N)=O)c(Nc3cccc(OC)c3)c2c1. The molecule has 3 rings (SSSR count). The van der Waals surface area contributed by atoms with E-state index in [1.54, 1.807) is 18.9 Å².